The van der Waals surface area contributed by atoms with E-state index in [0.717, 1.165) is 0 Å². The Labute approximate surface area is 344 Å². The van der Waals surface area contributed by atoms with Gasteiger partial charge in [0.1, 0.15) is 0 Å². The van der Waals surface area contributed by atoms with E-state index in [1.165, 1.54) is 117 Å². The third-order valence-corrected chi connectivity index (χ3v) is 14.2. The molecule has 1 atom stereocenters. The van der Waals surface area contributed by atoms with Crippen molar-refractivity contribution in [2.24, 2.45) is 0 Å². The smallest absolute Gasteiger partial charge is 0.0541 e. The molecule has 0 radical (unpaired) electrons. The molecule has 0 bridgehead atoms. The lowest BCUT2D eigenvalue weighted by atomic mass is 9.68. The van der Waals surface area contributed by atoms with Gasteiger partial charge in [-0.1, -0.05) is 159 Å². The molecule has 0 N–H and O–H groups in total. The lowest BCUT2D eigenvalue weighted by Crippen LogP contribution is -2.33. The predicted octanol–water partition coefficient (Wildman–Crippen LogP) is 15.0. The third-order valence-electron chi connectivity index (χ3n) is 14.2. The van der Waals surface area contributed by atoms with E-state index in [9.17, 15) is 0 Å². The fraction of sp³-hybridized carbons (Fsp3) is 0.0877. The first-order chi connectivity index (χ1) is 28.9. The molecule has 0 spiro atoms. The molecule has 9 aromatic carbocycles. The number of aromatic nitrogens is 1. The zero-order valence-electron chi connectivity index (χ0n) is 33.3. The van der Waals surface area contributed by atoms with E-state index >= 15 is 0 Å². The van der Waals surface area contributed by atoms with E-state index in [0.29, 0.717) is 0 Å². The Morgan fingerprint density at radius 3 is 1.53 bits per heavy atom. The van der Waals surface area contributed by atoms with Crippen LogP contribution in [-0.2, 0) is 10.8 Å². The summed E-state index contributed by atoms with van der Waals surface area (Å²) in [6, 6.07) is 70.7. The number of benzene rings is 9. The highest BCUT2D eigenvalue weighted by Gasteiger charge is 2.49. The predicted molar refractivity (Wildman–Crippen MR) is 247 cm³/mol. The topological polar surface area (TPSA) is 8.17 Å². The van der Waals surface area contributed by atoms with Gasteiger partial charge in [0.05, 0.1) is 28.1 Å². The Hall–Kier alpha value is -7.16. The summed E-state index contributed by atoms with van der Waals surface area (Å²) >= 11 is 0. The Kier molecular flexibility index (Phi) is 6.40. The van der Waals surface area contributed by atoms with Crippen LogP contribution < -0.4 is 4.90 Å². The Bertz CT molecular complexity index is 3400. The summed E-state index contributed by atoms with van der Waals surface area (Å²) in [5, 5.41) is 5.03. The maximum atomic E-state index is 2.56. The number of hydrogen-bond acceptors (Lipinski definition) is 1. The van der Waals surface area contributed by atoms with Crippen LogP contribution in [0.5, 0.6) is 0 Å². The molecule has 13 rings (SSSR count). The van der Waals surface area contributed by atoms with E-state index in [-0.39, 0.29) is 10.8 Å². The summed E-state index contributed by atoms with van der Waals surface area (Å²) in [4.78, 5) is 2.56. The molecule has 0 amide bonds. The van der Waals surface area contributed by atoms with Crippen LogP contribution in [0, 0.1) is 0 Å². The highest BCUT2D eigenvalue weighted by Crippen LogP contribution is 2.64. The van der Waals surface area contributed by atoms with Crippen molar-refractivity contribution < 1.29 is 0 Å². The maximum absolute atomic E-state index is 2.56. The summed E-state index contributed by atoms with van der Waals surface area (Å²) in [6.07, 6.45) is 0. The van der Waals surface area contributed by atoms with Crippen LogP contribution in [0.15, 0.2) is 188 Å². The first-order valence-corrected chi connectivity index (χ1v) is 20.9. The van der Waals surface area contributed by atoms with E-state index in [1.807, 2.05) is 0 Å². The number of hydrogen-bond donors (Lipinski definition) is 0. The van der Waals surface area contributed by atoms with Crippen LogP contribution in [0.2, 0.25) is 0 Å². The fourth-order valence-corrected chi connectivity index (χ4v) is 11.7. The van der Waals surface area contributed by atoms with Crippen LogP contribution >= 0.6 is 0 Å². The molecule has 0 saturated heterocycles. The monoisotopic (exact) mass is 752 g/mol. The molecule has 0 fully saturated rings. The Morgan fingerprint density at radius 1 is 0.339 bits per heavy atom. The lowest BCUT2D eigenvalue weighted by Gasteiger charge is -2.43. The van der Waals surface area contributed by atoms with Crippen molar-refractivity contribution in [3.8, 4) is 39.1 Å². The van der Waals surface area contributed by atoms with Gasteiger partial charge in [0.25, 0.3) is 0 Å². The van der Waals surface area contributed by atoms with Crippen molar-refractivity contribution in [1.82, 2.24) is 4.57 Å². The Morgan fingerprint density at radius 2 is 0.814 bits per heavy atom. The van der Waals surface area contributed by atoms with E-state index in [2.05, 4.69) is 218 Å². The van der Waals surface area contributed by atoms with Gasteiger partial charge in [-0.05, 0) is 116 Å². The van der Waals surface area contributed by atoms with Crippen LogP contribution in [-0.4, -0.2) is 4.57 Å². The van der Waals surface area contributed by atoms with Crippen molar-refractivity contribution >= 4 is 49.6 Å². The van der Waals surface area contributed by atoms with Crippen molar-refractivity contribution in [3.05, 3.63) is 216 Å². The minimum Gasteiger partial charge on any atom is -0.310 e. The van der Waals surface area contributed by atoms with Crippen molar-refractivity contribution in [2.45, 2.75) is 31.6 Å². The van der Waals surface area contributed by atoms with E-state index in [4.69, 9.17) is 0 Å². The summed E-state index contributed by atoms with van der Waals surface area (Å²) in [6.45, 7) is 7.21. The summed E-state index contributed by atoms with van der Waals surface area (Å²) in [7, 11) is 0. The highest BCUT2D eigenvalue weighted by molar-refractivity contribution is 6.12. The summed E-state index contributed by atoms with van der Waals surface area (Å²) in [5.74, 6) is 0. The zero-order valence-corrected chi connectivity index (χ0v) is 33.3. The van der Waals surface area contributed by atoms with Crippen molar-refractivity contribution in [1.29, 1.82) is 0 Å². The van der Waals surface area contributed by atoms with Gasteiger partial charge < -0.3 is 9.47 Å². The third kappa shape index (κ3) is 4.11. The first-order valence-electron chi connectivity index (χ1n) is 20.9. The lowest BCUT2D eigenvalue weighted by molar-refractivity contribution is 0.660. The van der Waals surface area contributed by atoms with Crippen LogP contribution in [0.1, 0.15) is 48.6 Å². The van der Waals surface area contributed by atoms with Gasteiger partial charge in [0.15, 0.2) is 0 Å². The zero-order chi connectivity index (χ0) is 39.2. The second-order valence-corrected chi connectivity index (χ2v) is 17.4. The fourth-order valence-electron chi connectivity index (χ4n) is 11.7. The second-order valence-electron chi connectivity index (χ2n) is 17.4. The number of fused-ring (bicyclic) bond motifs is 12. The van der Waals surface area contributed by atoms with Gasteiger partial charge in [0, 0.05) is 32.7 Å². The second kappa shape index (κ2) is 11.5. The first kappa shape index (κ1) is 32.9. The standard InChI is InChI=1S/C57H40N2/c1-56(2)46-25-8-4-17-39(46)45-34-35(32-33-47(45)56)58-52-30-14-23-43(54(52)57(3)48-26-9-5-16-38(48)44-24-15-31-53(58)55(44)57)37-20-12-22-40-36(37)21-13-29-51(40)59-49-27-10-6-18-41(49)42-19-7-11-28-50(42)59/h4-34H,1-3H3. The molecule has 59 heavy (non-hydrogen) atoms. The molecule has 2 nitrogen and oxygen atoms in total. The molecule has 1 aliphatic heterocycles. The molecule has 2 heterocycles. The average Bonchev–Trinajstić information content (AvgIpc) is 3.84. The minimum atomic E-state index is -0.386. The largest absolute Gasteiger partial charge is 0.310 e. The van der Waals surface area contributed by atoms with Gasteiger partial charge in [0.2, 0.25) is 0 Å². The molecule has 2 heteroatoms. The molecule has 3 aliphatic rings. The number of nitrogens with zero attached hydrogens (tertiary/aromatic N) is 2. The van der Waals surface area contributed by atoms with Gasteiger partial charge in [-0.15, -0.1) is 0 Å². The number of rotatable bonds is 3. The molecule has 10 aromatic rings. The SMILES string of the molecule is CC1(C)c2ccccc2-c2cc(N3c4cccc5c4C(C)(c4ccccc4-5)c4c(-c5cccc6c(-n7c8ccccc8c8ccccc87)cccc56)cccc43)ccc21. The molecule has 278 valence electrons. The Balaban J connectivity index is 1.10. The highest BCUT2D eigenvalue weighted by atomic mass is 15.2. The van der Waals surface area contributed by atoms with Crippen molar-refractivity contribution in [2.75, 3.05) is 4.90 Å². The molecule has 0 saturated carbocycles. The minimum absolute atomic E-state index is 0.0575. The van der Waals surface area contributed by atoms with Crippen LogP contribution in [0.25, 0.3) is 71.6 Å². The normalized spacial score (nSPS) is 16.6. The van der Waals surface area contributed by atoms with E-state index in [1.54, 1.807) is 0 Å². The van der Waals surface area contributed by atoms with E-state index < -0.39 is 0 Å². The number of anilines is 3. The summed E-state index contributed by atoms with van der Waals surface area (Å²) < 4.78 is 2.46. The molecule has 2 aliphatic carbocycles. The molecule has 1 unspecified atom stereocenters. The van der Waals surface area contributed by atoms with Crippen LogP contribution in [0.4, 0.5) is 17.1 Å². The molecular formula is C57H40N2. The van der Waals surface area contributed by atoms with Gasteiger partial charge in [-0.3, -0.25) is 0 Å². The molecular weight excluding hydrogens is 713 g/mol. The van der Waals surface area contributed by atoms with Crippen molar-refractivity contribution in [3.63, 3.8) is 0 Å². The van der Waals surface area contributed by atoms with Gasteiger partial charge in [-0.25, -0.2) is 0 Å². The number of para-hydroxylation sites is 2. The molecule has 1 aromatic heterocycles. The quantitative estimate of drug-likeness (QED) is 0.174. The van der Waals surface area contributed by atoms with Crippen LogP contribution in [0.3, 0.4) is 0 Å². The maximum Gasteiger partial charge on any atom is 0.0541 e. The summed E-state index contributed by atoms with van der Waals surface area (Å²) in [5.41, 5.74) is 21.6. The van der Waals surface area contributed by atoms with Gasteiger partial charge >= 0.3 is 0 Å². The average molecular weight is 753 g/mol. The van der Waals surface area contributed by atoms with Gasteiger partial charge in [-0.2, -0.15) is 0 Å².